The van der Waals surface area contributed by atoms with Crippen LogP contribution in [0.3, 0.4) is 0 Å². The summed E-state index contributed by atoms with van der Waals surface area (Å²) in [6, 6.07) is 13.2. The first-order chi connectivity index (χ1) is 12.5. The van der Waals surface area contributed by atoms with Gasteiger partial charge in [0.25, 0.3) is 5.91 Å². The largest absolute Gasteiger partial charge is 0.449 e. The van der Waals surface area contributed by atoms with E-state index in [9.17, 15) is 9.59 Å². The molecule has 0 saturated carbocycles. The van der Waals surface area contributed by atoms with Gasteiger partial charge in [0.2, 0.25) is 0 Å². The van der Waals surface area contributed by atoms with Gasteiger partial charge in [-0.25, -0.2) is 9.48 Å². The summed E-state index contributed by atoms with van der Waals surface area (Å²) in [5, 5.41) is 14.0. The smallest absolute Gasteiger partial charge is 0.338 e. The number of halogens is 1. The Balaban J connectivity index is 1.65. The first-order valence-corrected chi connectivity index (χ1v) is 8.01. The third-order valence-electron chi connectivity index (χ3n) is 3.44. The average Bonchev–Trinajstić information content (AvgIpc) is 3.16. The van der Waals surface area contributed by atoms with Gasteiger partial charge in [-0.05, 0) is 53.7 Å². The summed E-state index contributed by atoms with van der Waals surface area (Å²) >= 11 is 5.88. The molecule has 0 aliphatic carbocycles. The number of anilines is 1. The summed E-state index contributed by atoms with van der Waals surface area (Å²) in [6.45, 7) is 1.49. The second kappa shape index (κ2) is 7.75. The van der Waals surface area contributed by atoms with Crippen molar-refractivity contribution < 1.29 is 14.3 Å². The van der Waals surface area contributed by atoms with E-state index in [0.717, 1.165) is 0 Å². The molecule has 3 rings (SSSR count). The molecule has 1 N–H and O–H groups in total. The van der Waals surface area contributed by atoms with Crippen molar-refractivity contribution in [2.75, 3.05) is 5.32 Å². The lowest BCUT2D eigenvalue weighted by atomic mass is 10.2. The zero-order valence-corrected chi connectivity index (χ0v) is 14.4. The lowest BCUT2D eigenvalue weighted by molar-refractivity contribution is -0.123. The van der Waals surface area contributed by atoms with Crippen LogP contribution in [-0.2, 0) is 9.53 Å². The van der Waals surface area contributed by atoms with Crippen LogP contribution in [0.4, 0.5) is 5.69 Å². The number of carbonyl (C=O) groups excluding carboxylic acids is 2. The first kappa shape index (κ1) is 17.6. The molecule has 2 aromatic carbocycles. The van der Waals surface area contributed by atoms with Crippen molar-refractivity contribution in [3.63, 3.8) is 0 Å². The predicted octanol–water partition coefficient (Wildman–Crippen LogP) is 2.50. The summed E-state index contributed by atoms with van der Waals surface area (Å²) in [5.74, 6) is -1.09. The molecule has 0 saturated heterocycles. The molecule has 0 aliphatic rings. The molecule has 0 bridgehead atoms. The predicted molar refractivity (Wildman–Crippen MR) is 94.1 cm³/mol. The number of benzene rings is 2. The molecular formula is C17H14ClN5O3. The Bertz CT molecular complexity index is 930. The molecule has 9 heteroatoms. The van der Waals surface area contributed by atoms with Crippen molar-refractivity contribution >= 4 is 29.2 Å². The SMILES string of the molecule is C[C@@H](OC(=O)c1cccc(-n2cnnn2)c1)C(=O)Nc1cccc(Cl)c1. The van der Waals surface area contributed by atoms with E-state index in [1.54, 1.807) is 48.5 Å². The van der Waals surface area contributed by atoms with Gasteiger partial charge in [-0.1, -0.05) is 23.7 Å². The highest BCUT2D eigenvalue weighted by atomic mass is 35.5. The van der Waals surface area contributed by atoms with Crippen molar-refractivity contribution in [2.45, 2.75) is 13.0 Å². The molecule has 132 valence electrons. The number of nitrogens with one attached hydrogen (secondary N) is 1. The number of hydrogen-bond donors (Lipinski definition) is 1. The van der Waals surface area contributed by atoms with Gasteiger partial charge < -0.3 is 10.1 Å². The molecule has 0 spiro atoms. The highest BCUT2D eigenvalue weighted by molar-refractivity contribution is 6.30. The minimum Gasteiger partial charge on any atom is -0.449 e. The molecule has 1 heterocycles. The Morgan fingerprint density at radius 2 is 2.00 bits per heavy atom. The Kier molecular flexibility index (Phi) is 5.23. The van der Waals surface area contributed by atoms with Crippen LogP contribution in [0.1, 0.15) is 17.3 Å². The van der Waals surface area contributed by atoms with Gasteiger partial charge in [-0.2, -0.15) is 0 Å². The zero-order chi connectivity index (χ0) is 18.5. The fourth-order valence-corrected chi connectivity index (χ4v) is 2.34. The maximum absolute atomic E-state index is 12.3. The van der Waals surface area contributed by atoms with E-state index >= 15 is 0 Å². The first-order valence-electron chi connectivity index (χ1n) is 7.64. The zero-order valence-electron chi connectivity index (χ0n) is 13.7. The van der Waals surface area contributed by atoms with E-state index in [2.05, 4.69) is 20.8 Å². The quantitative estimate of drug-likeness (QED) is 0.692. The molecule has 26 heavy (non-hydrogen) atoms. The van der Waals surface area contributed by atoms with Crippen LogP contribution >= 0.6 is 11.6 Å². The molecule has 3 aromatic rings. The normalized spacial score (nSPS) is 11.6. The number of aromatic nitrogens is 4. The number of esters is 1. The van der Waals surface area contributed by atoms with E-state index in [4.69, 9.17) is 16.3 Å². The number of rotatable bonds is 5. The third kappa shape index (κ3) is 4.22. The van der Waals surface area contributed by atoms with Crippen LogP contribution in [0.15, 0.2) is 54.9 Å². The second-order valence-corrected chi connectivity index (χ2v) is 5.79. The van der Waals surface area contributed by atoms with Gasteiger partial charge in [0.05, 0.1) is 11.3 Å². The third-order valence-corrected chi connectivity index (χ3v) is 3.68. The summed E-state index contributed by atoms with van der Waals surface area (Å²) in [7, 11) is 0. The van der Waals surface area contributed by atoms with E-state index in [-0.39, 0.29) is 5.56 Å². The number of hydrogen-bond acceptors (Lipinski definition) is 6. The Hall–Kier alpha value is -3.26. The summed E-state index contributed by atoms with van der Waals surface area (Å²) in [4.78, 5) is 24.5. The Labute approximate surface area is 153 Å². The van der Waals surface area contributed by atoms with Crippen LogP contribution in [0.25, 0.3) is 5.69 Å². The Morgan fingerprint density at radius 1 is 1.19 bits per heavy atom. The molecule has 1 atom stereocenters. The molecule has 1 aromatic heterocycles. The standard InChI is InChI=1S/C17H14ClN5O3/c1-11(16(24)20-14-6-3-5-13(18)9-14)26-17(25)12-4-2-7-15(8-12)23-10-19-21-22-23/h2-11H,1H3,(H,20,24)/t11-/m1/s1. The van der Waals surface area contributed by atoms with Gasteiger partial charge in [0, 0.05) is 10.7 Å². The van der Waals surface area contributed by atoms with Crippen molar-refractivity contribution in [2.24, 2.45) is 0 Å². The molecule has 0 fully saturated rings. The molecule has 0 aliphatic heterocycles. The van der Waals surface area contributed by atoms with Crippen LogP contribution in [-0.4, -0.2) is 38.2 Å². The number of nitrogens with zero attached hydrogens (tertiary/aromatic N) is 4. The van der Waals surface area contributed by atoms with Crippen molar-refractivity contribution in [1.82, 2.24) is 20.2 Å². The van der Waals surface area contributed by atoms with E-state index in [1.165, 1.54) is 17.9 Å². The fraction of sp³-hybridized carbons (Fsp3) is 0.118. The highest BCUT2D eigenvalue weighted by Crippen LogP contribution is 2.16. The Morgan fingerprint density at radius 3 is 2.73 bits per heavy atom. The van der Waals surface area contributed by atoms with E-state index in [0.29, 0.717) is 16.4 Å². The van der Waals surface area contributed by atoms with Crippen LogP contribution in [0, 0.1) is 0 Å². The number of tetrazole rings is 1. The monoisotopic (exact) mass is 371 g/mol. The molecule has 1 amide bonds. The summed E-state index contributed by atoms with van der Waals surface area (Å²) < 4.78 is 6.64. The van der Waals surface area contributed by atoms with Gasteiger partial charge >= 0.3 is 5.97 Å². The molecular weight excluding hydrogens is 358 g/mol. The minimum atomic E-state index is -0.988. The van der Waals surface area contributed by atoms with Crippen molar-refractivity contribution in [3.05, 3.63) is 65.4 Å². The average molecular weight is 372 g/mol. The van der Waals surface area contributed by atoms with Gasteiger partial charge in [-0.15, -0.1) is 5.10 Å². The lowest BCUT2D eigenvalue weighted by Crippen LogP contribution is -2.30. The number of carbonyl (C=O) groups is 2. The molecule has 8 nitrogen and oxygen atoms in total. The molecule has 0 unspecified atom stereocenters. The number of amides is 1. The topological polar surface area (TPSA) is 99.0 Å². The minimum absolute atomic E-state index is 0.278. The van der Waals surface area contributed by atoms with Crippen LogP contribution in [0.2, 0.25) is 5.02 Å². The van der Waals surface area contributed by atoms with Crippen molar-refractivity contribution in [3.8, 4) is 5.69 Å². The fourth-order valence-electron chi connectivity index (χ4n) is 2.15. The van der Waals surface area contributed by atoms with Crippen LogP contribution < -0.4 is 5.32 Å². The number of ether oxygens (including phenoxy) is 1. The lowest BCUT2D eigenvalue weighted by Gasteiger charge is -2.14. The summed E-state index contributed by atoms with van der Waals surface area (Å²) in [6.07, 6.45) is 0.420. The van der Waals surface area contributed by atoms with E-state index < -0.39 is 18.0 Å². The van der Waals surface area contributed by atoms with Crippen molar-refractivity contribution in [1.29, 1.82) is 0 Å². The maximum atomic E-state index is 12.3. The summed E-state index contributed by atoms with van der Waals surface area (Å²) in [5.41, 5.74) is 1.40. The van der Waals surface area contributed by atoms with E-state index in [1.807, 2.05) is 0 Å². The maximum Gasteiger partial charge on any atom is 0.338 e. The van der Waals surface area contributed by atoms with Crippen LogP contribution in [0.5, 0.6) is 0 Å². The molecule has 0 radical (unpaired) electrons. The van der Waals surface area contributed by atoms with Gasteiger partial charge in [-0.3, -0.25) is 4.79 Å². The van der Waals surface area contributed by atoms with Gasteiger partial charge in [0.15, 0.2) is 6.10 Å². The van der Waals surface area contributed by atoms with Gasteiger partial charge in [0.1, 0.15) is 6.33 Å². The highest BCUT2D eigenvalue weighted by Gasteiger charge is 2.19. The second-order valence-electron chi connectivity index (χ2n) is 5.35.